The van der Waals surface area contributed by atoms with E-state index in [1.165, 1.54) is 0 Å². The molecule has 1 atom stereocenters. The highest BCUT2D eigenvalue weighted by Gasteiger charge is 2.27. The molecule has 0 aromatic carbocycles. The number of nitrogens with zero attached hydrogens (tertiary/aromatic N) is 5. The number of piperazine rings is 1. The Kier molecular flexibility index (Phi) is 5.82. The number of hydrogen-bond acceptors (Lipinski definition) is 8. The Balaban J connectivity index is 1.28. The van der Waals surface area contributed by atoms with Crippen LogP contribution < -0.4 is 0 Å². The van der Waals surface area contributed by atoms with Gasteiger partial charge in [0.15, 0.2) is 0 Å². The first-order valence-corrected chi connectivity index (χ1v) is 10.3. The van der Waals surface area contributed by atoms with E-state index in [9.17, 15) is 4.79 Å². The Hall–Kier alpha value is -1.81. The second kappa shape index (κ2) is 8.47. The van der Waals surface area contributed by atoms with Gasteiger partial charge in [-0.05, 0) is 18.4 Å². The number of rotatable bonds is 5. The van der Waals surface area contributed by atoms with Gasteiger partial charge in [-0.1, -0.05) is 6.07 Å². The molecule has 0 bridgehead atoms. The maximum absolute atomic E-state index is 12.4. The van der Waals surface area contributed by atoms with Gasteiger partial charge in [0.2, 0.25) is 11.8 Å². The van der Waals surface area contributed by atoms with E-state index in [2.05, 4.69) is 26.9 Å². The third-order valence-corrected chi connectivity index (χ3v) is 6.07. The highest BCUT2D eigenvalue weighted by molar-refractivity contribution is 7.13. The van der Waals surface area contributed by atoms with E-state index in [1.807, 2.05) is 22.4 Å². The molecule has 0 saturated carbocycles. The van der Waals surface area contributed by atoms with Crippen molar-refractivity contribution in [3.63, 3.8) is 0 Å². The summed E-state index contributed by atoms with van der Waals surface area (Å²) < 4.78 is 11.2. The first kappa shape index (κ1) is 18.5. The van der Waals surface area contributed by atoms with E-state index >= 15 is 0 Å². The van der Waals surface area contributed by atoms with Crippen molar-refractivity contribution in [1.82, 2.24) is 24.9 Å². The molecule has 2 aliphatic rings. The van der Waals surface area contributed by atoms with E-state index < -0.39 is 0 Å². The largest absolute Gasteiger partial charge is 0.418 e. The van der Waals surface area contributed by atoms with Crippen LogP contribution >= 0.6 is 11.3 Å². The van der Waals surface area contributed by atoms with Crippen molar-refractivity contribution < 1.29 is 13.9 Å². The lowest BCUT2D eigenvalue weighted by Crippen LogP contribution is -2.51. The number of amides is 1. The second-order valence-corrected chi connectivity index (χ2v) is 7.85. The molecule has 4 rings (SSSR count). The van der Waals surface area contributed by atoms with Crippen LogP contribution in [0.4, 0.5) is 0 Å². The molecule has 0 N–H and O–H groups in total. The maximum atomic E-state index is 12.4. The van der Waals surface area contributed by atoms with E-state index in [1.54, 1.807) is 11.3 Å². The summed E-state index contributed by atoms with van der Waals surface area (Å²) in [4.78, 5) is 19.9. The highest BCUT2D eigenvalue weighted by Crippen LogP contribution is 2.27. The molecule has 2 aromatic rings. The molecule has 1 amide bonds. The third kappa shape index (κ3) is 4.37. The number of aromatic nitrogens is 2. The van der Waals surface area contributed by atoms with E-state index in [0.717, 1.165) is 31.1 Å². The Labute approximate surface area is 162 Å². The van der Waals surface area contributed by atoms with Gasteiger partial charge in [0, 0.05) is 39.3 Å². The Morgan fingerprint density at radius 3 is 2.67 bits per heavy atom. The molecule has 2 saturated heterocycles. The van der Waals surface area contributed by atoms with Crippen molar-refractivity contribution in [2.45, 2.75) is 13.0 Å². The summed E-state index contributed by atoms with van der Waals surface area (Å²) in [5.41, 5.74) is 0. The average molecular weight is 391 g/mol. The molecule has 4 heterocycles. The van der Waals surface area contributed by atoms with Gasteiger partial charge < -0.3 is 14.1 Å². The van der Waals surface area contributed by atoms with Gasteiger partial charge in [-0.25, -0.2) is 0 Å². The van der Waals surface area contributed by atoms with Crippen molar-refractivity contribution in [3.05, 3.63) is 23.4 Å². The average Bonchev–Trinajstić information content (AvgIpc) is 3.40. The topological polar surface area (TPSA) is 74.9 Å². The van der Waals surface area contributed by atoms with Gasteiger partial charge in [-0.15, -0.1) is 21.5 Å². The van der Waals surface area contributed by atoms with Crippen molar-refractivity contribution in [2.24, 2.45) is 0 Å². The molecule has 0 radical (unpaired) electrons. The zero-order valence-electron chi connectivity index (χ0n) is 15.5. The molecule has 2 aliphatic heterocycles. The fraction of sp³-hybridized carbons (Fsp3) is 0.611. The van der Waals surface area contributed by atoms with Crippen LogP contribution in [0.1, 0.15) is 18.9 Å². The molecule has 9 heteroatoms. The van der Waals surface area contributed by atoms with Crippen LogP contribution in [0.25, 0.3) is 10.8 Å². The zero-order chi connectivity index (χ0) is 18.6. The minimum absolute atomic E-state index is 0.0725. The first-order valence-electron chi connectivity index (χ1n) is 9.40. The zero-order valence-corrected chi connectivity index (χ0v) is 16.4. The fourth-order valence-electron chi connectivity index (χ4n) is 3.47. The molecule has 2 fully saturated rings. The Morgan fingerprint density at radius 2 is 1.96 bits per heavy atom. The van der Waals surface area contributed by atoms with Gasteiger partial charge in [0.05, 0.1) is 30.7 Å². The van der Waals surface area contributed by atoms with E-state index in [4.69, 9.17) is 9.15 Å². The lowest BCUT2D eigenvalue weighted by atomic mass is 10.2. The summed E-state index contributed by atoms with van der Waals surface area (Å²) in [5, 5.41) is 10.4. The Morgan fingerprint density at radius 1 is 1.19 bits per heavy atom. The maximum Gasteiger partial charge on any atom is 0.257 e. The molecular weight excluding hydrogens is 366 g/mol. The molecule has 1 unspecified atom stereocenters. The first-order chi connectivity index (χ1) is 13.2. The quantitative estimate of drug-likeness (QED) is 0.761. The van der Waals surface area contributed by atoms with Gasteiger partial charge in [0.1, 0.15) is 0 Å². The van der Waals surface area contributed by atoms with Crippen LogP contribution in [-0.4, -0.2) is 89.8 Å². The molecule has 27 heavy (non-hydrogen) atoms. The molecular formula is C18H25N5O3S. The summed E-state index contributed by atoms with van der Waals surface area (Å²) in [6.45, 7) is 8.80. The Bertz CT molecular complexity index is 736. The monoisotopic (exact) mass is 391 g/mol. The predicted molar refractivity (Wildman–Crippen MR) is 101 cm³/mol. The normalized spacial score (nSPS) is 20.7. The lowest BCUT2D eigenvalue weighted by Gasteiger charge is -2.37. The minimum atomic E-state index is 0.0725. The van der Waals surface area contributed by atoms with Crippen LogP contribution in [0.15, 0.2) is 21.9 Å². The van der Waals surface area contributed by atoms with Gasteiger partial charge in [0.25, 0.3) is 5.89 Å². The number of morpholine rings is 1. The van der Waals surface area contributed by atoms with Crippen LogP contribution in [0.5, 0.6) is 0 Å². The highest BCUT2D eigenvalue weighted by atomic mass is 32.1. The lowest BCUT2D eigenvalue weighted by molar-refractivity contribution is -0.137. The van der Waals surface area contributed by atoms with Crippen LogP contribution in [-0.2, 0) is 9.53 Å². The minimum Gasteiger partial charge on any atom is -0.418 e. The summed E-state index contributed by atoms with van der Waals surface area (Å²) in [7, 11) is 0. The van der Waals surface area contributed by atoms with Crippen LogP contribution in [0.3, 0.4) is 0 Å². The van der Waals surface area contributed by atoms with Crippen LogP contribution in [0, 0.1) is 0 Å². The number of carbonyl (C=O) groups is 1. The smallest absolute Gasteiger partial charge is 0.257 e. The summed E-state index contributed by atoms with van der Waals surface area (Å²) in [6.07, 6.45) is 0. The molecule has 146 valence electrons. The summed E-state index contributed by atoms with van der Waals surface area (Å²) in [5.74, 6) is 1.44. The fourth-order valence-corrected chi connectivity index (χ4v) is 4.12. The standard InChI is InChI=1S/C18H25N5O3S/c1-14(17-19-20-18(26-17)15-3-2-12-27-15)22-6-4-21(5-7-22)13-16(24)23-8-10-25-11-9-23/h2-3,12,14H,4-11,13H2,1H3. The summed E-state index contributed by atoms with van der Waals surface area (Å²) >= 11 is 1.59. The third-order valence-electron chi connectivity index (χ3n) is 5.21. The van der Waals surface area contributed by atoms with E-state index in [-0.39, 0.29) is 11.9 Å². The SMILES string of the molecule is CC(c1nnc(-c2cccs2)o1)N1CCN(CC(=O)N2CCOCC2)CC1. The second-order valence-electron chi connectivity index (χ2n) is 6.90. The number of ether oxygens (including phenoxy) is 1. The predicted octanol–water partition coefficient (Wildman–Crippen LogP) is 1.34. The van der Waals surface area contributed by atoms with E-state index in [0.29, 0.717) is 44.6 Å². The molecule has 8 nitrogen and oxygen atoms in total. The summed E-state index contributed by atoms with van der Waals surface area (Å²) in [6, 6.07) is 4.03. The number of hydrogen-bond donors (Lipinski definition) is 0. The van der Waals surface area contributed by atoms with Crippen molar-refractivity contribution in [2.75, 3.05) is 59.0 Å². The van der Waals surface area contributed by atoms with Crippen molar-refractivity contribution >= 4 is 17.2 Å². The van der Waals surface area contributed by atoms with Crippen molar-refractivity contribution in [1.29, 1.82) is 0 Å². The van der Waals surface area contributed by atoms with Crippen molar-refractivity contribution in [3.8, 4) is 10.8 Å². The van der Waals surface area contributed by atoms with Crippen LogP contribution in [0.2, 0.25) is 0 Å². The molecule has 0 aliphatic carbocycles. The van der Waals surface area contributed by atoms with Gasteiger partial charge in [-0.3, -0.25) is 14.6 Å². The molecule has 2 aromatic heterocycles. The van der Waals surface area contributed by atoms with Gasteiger partial charge >= 0.3 is 0 Å². The number of carbonyl (C=O) groups excluding carboxylic acids is 1. The van der Waals surface area contributed by atoms with Gasteiger partial charge in [-0.2, -0.15) is 0 Å². The molecule has 0 spiro atoms. The number of thiophene rings is 1.